The zero-order chi connectivity index (χ0) is 20.6. The fourth-order valence-corrected chi connectivity index (χ4v) is 3.92. The van der Waals surface area contributed by atoms with Gasteiger partial charge in [-0.05, 0) is 62.2 Å². The smallest absolute Gasteiger partial charge is 0.173 e. The maximum atomic E-state index is 5.84. The zero-order valence-corrected chi connectivity index (χ0v) is 18.7. The third-order valence-electron chi connectivity index (χ3n) is 5.38. The van der Waals surface area contributed by atoms with E-state index in [1.165, 1.54) is 22.3 Å². The third-order valence-corrected chi connectivity index (χ3v) is 5.74. The van der Waals surface area contributed by atoms with Crippen LogP contribution in [0.5, 0.6) is 0 Å². The molecule has 0 bridgehead atoms. The number of thiocarbonyl (C=S) groups is 1. The number of rotatable bonds is 7. The number of nitrogens with one attached hydrogen (secondary N) is 1. The molecule has 2 aromatic rings. The summed E-state index contributed by atoms with van der Waals surface area (Å²) < 4.78 is 5.46. The zero-order valence-electron chi connectivity index (χ0n) is 17.9. The van der Waals surface area contributed by atoms with Crippen molar-refractivity contribution < 1.29 is 4.74 Å². The minimum Gasteiger partial charge on any atom is -0.379 e. The molecule has 5 heteroatoms. The van der Waals surface area contributed by atoms with Crippen LogP contribution in [-0.2, 0) is 11.3 Å². The SMILES string of the molecule is Cc1cccc(CN(CCCN2CCOCC2)C(=S)Nc2cc(C)ccc2C)c1. The number of hydrogen-bond donors (Lipinski definition) is 1. The monoisotopic (exact) mass is 411 g/mol. The molecule has 0 aliphatic carbocycles. The molecule has 2 aromatic carbocycles. The van der Waals surface area contributed by atoms with Gasteiger partial charge >= 0.3 is 0 Å². The summed E-state index contributed by atoms with van der Waals surface area (Å²) in [6, 6.07) is 15.1. The quantitative estimate of drug-likeness (QED) is 0.676. The second-order valence-corrected chi connectivity index (χ2v) is 8.35. The predicted octanol–water partition coefficient (Wildman–Crippen LogP) is 4.53. The van der Waals surface area contributed by atoms with E-state index in [-0.39, 0.29) is 0 Å². The van der Waals surface area contributed by atoms with Gasteiger partial charge in [0, 0.05) is 38.4 Å². The van der Waals surface area contributed by atoms with Crippen LogP contribution in [0, 0.1) is 20.8 Å². The highest BCUT2D eigenvalue weighted by molar-refractivity contribution is 7.80. The van der Waals surface area contributed by atoms with Crippen molar-refractivity contribution in [1.82, 2.24) is 9.80 Å². The minimum atomic E-state index is 0.794. The Kier molecular flexibility index (Phi) is 8.04. The second-order valence-electron chi connectivity index (χ2n) is 7.97. The summed E-state index contributed by atoms with van der Waals surface area (Å²) in [6.45, 7) is 13.0. The van der Waals surface area contributed by atoms with Gasteiger partial charge in [-0.2, -0.15) is 0 Å². The standard InChI is InChI=1S/C24H33N3OS/c1-19-6-4-7-22(16-19)18-27(11-5-10-26-12-14-28-15-13-26)24(29)25-23-17-20(2)8-9-21(23)3/h4,6-9,16-17H,5,10-15,18H2,1-3H3,(H,25,29). The van der Waals surface area contributed by atoms with Crippen LogP contribution in [0.4, 0.5) is 5.69 Å². The van der Waals surface area contributed by atoms with Crippen molar-refractivity contribution in [2.75, 3.05) is 44.7 Å². The average molecular weight is 412 g/mol. The second kappa shape index (κ2) is 10.7. The Morgan fingerprint density at radius 2 is 1.83 bits per heavy atom. The molecular formula is C24H33N3OS. The first kappa shape index (κ1) is 21.8. The Morgan fingerprint density at radius 3 is 2.59 bits per heavy atom. The lowest BCUT2D eigenvalue weighted by Crippen LogP contribution is -2.40. The molecule has 0 amide bonds. The van der Waals surface area contributed by atoms with E-state index in [4.69, 9.17) is 17.0 Å². The molecule has 156 valence electrons. The molecule has 1 heterocycles. The summed E-state index contributed by atoms with van der Waals surface area (Å²) in [4.78, 5) is 4.78. The third kappa shape index (κ3) is 6.81. The molecule has 1 N–H and O–H groups in total. The van der Waals surface area contributed by atoms with Crippen molar-refractivity contribution in [3.05, 3.63) is 64.7 Å². The molecule has 1 fully saturated rings. The van der Waals surface area contributed by atoms with Gasteiger partial charge in [-0.15, -0.1) is 0 Å². The lowest BCUT2D eigenvalue weighted by Gasteiger charge is -2.30. The van der Waals surface area contributed by atoms with Gasteiger partial charge in [-0.3, -0.25) is 4.90 Å². The summed E-state index contributed by atoms with van der Waals surface area (Å²) in [7, 11) is 0. The van der Waals surface area contributed by atoms with E-state index >= 15 is 0 Å². The van der Waals surface area contributed by atoms with Gasteiger partial charge < -0.3 is 15.0 Å². The van der Waals surface area contributed by atoms with E-state index in [0.29, 0.717) is 0 Å². The van der Waals surface area contributed by atoms with Crippen molar-refractivity contribution in [3.63, 3.8) is 0 Å². The van der Waals surface area contributed by atoms with E-state index in [9.17, 15) is 0 Å². The fraction of sp³-hybridized carbons (Fsp3) is 0.458. The highest BCUT2D eigenvalue weighted by atomic mass is 32.1. The number of ether oxygens (including phenoxy) is 1. The van der Waals surface area contributed by atoms with Crippen LogP contribution in [0.25, 0.3) is 0 Å². The van der Waals surface area contributed by atoms with E-state index in [0.717, 1.165) is 63.2 Å². The highest BCUT2D eigenvalue weighted by Crippen LogP contribution is 2.18. The van der Waals surface area contributed by atoms with Crippen LogP contribution >= 0.6 is 12.2 Å². The molecule has 0 saturated carbocycles. The Morgan fingerprint density at radius 1 is 1.07 bits per heavy atom. The van der Waals surface area contributed by atoms with Crippen LogP contribution < -0.4 is 5.32 Å². The Hall–Kier alpha value is -1.95. The first-order chi connectivity index (χ1) is 14.0. The van der Waals surface area contributed by atoms with Crippen molar-refractivity contribution in [2.45, 2.75) is 33.7 Å². The molecule has 1 saturated heterocycles. The molecule has 1 aliphatic rings. The van der Waals surface area contributed by atoms with Gasteiger partial charge in [-0.25, -0.2) is 0 Å². The molecule has 0 atom stereocenters. The van der Waals surface area contributed by atoms with Crippen molar-refractivity contribution in [1.29, 1.82) is 0 Å². The fourth-order valence-electron chi connectivity index (χ4n) is 3.66. The number of aryl methyl sites for hydroxylation is 3. The minimum absolute atomic E-state index is 0.794. The normalized spacial score (nSPS) is 14.6. The molecule has 1 aliphatic heterocycles. The van der Waals surface area contributed by atoms with Gasteiger partial charge in [0.15, 0.2) is 5.11 Å². The van der Waals surface area contributed by atoms with E-state index in [1.807, 2.05) is 0 Å². The van der Waals surface area contributed by atoms with Crippen molar-refractivity contribution >= 4 is 23.0 Å². The number of anilines is 1. The van der Waals surface area contributed by atoms with Gasteiger partial charge in [0.1, 0.15) is 0 Å². The van der Waals surface area contributed by atoms with E-state index in [1.54, 1.807) is 0 Å². The summed E-state index contributed by atoms with van der Waals surface area (Å²) in [6.07, 6.45) is 1.08. The molecule has 0 spiro atoms. The lowest BCUT2D eigenvalue weighted by atomic mass is 10.1. The average Bonchev–Trinajstić information content (AvgIpc) is 2.71. The summed E-state index contributed by atoms with van der Waals surface area (Å²) in [5.41, 5.74) is 6.11. The first-order valence-electron chi connectivity index (χ1n) is 10.5. The molecule has 4 nitrogen and oxygen atoms in total. The maximum Gasteiger partial charge on any atom is 0.173 e. The highest BCUT2D eigenvalue weighted by Gasteiger charge is 2.14. The van der Waals surface area contributed by atoms with Gasteiger partial charge in [0.2, 0.25) is 0 Å². The molecule has 3 rings (SSSR count). The lowest BCUT2D eigenvalue weighted by molar-refractivity contribution is 0.0368. The molecule has 29 heavy (non-hydrogen) atoms. The summed E-state index contributed by atoms with van der Waals surface area (Å²) in [5, 5.41) is 4.29. The molecular weight excluding hydrogens is 378 g/mol. The number of nitrogens with zero attached hydrogens (tertiary/aromatic N) is 2. The summed E-state index contributed by atoms with van der Waals surface area (Å²) >= 11 is 5.84. The number of benzene rings is 2. The van der Waals surface area contributed by atoms with Crippen molar-refractivity contribution in [2.24, 2.45) is 0 Å². The predicted molar refractivity (Wildman–Crippen MR) is 126 cm³/mol. The largest absolute Gasteiger partial charge is 0.379 e. The maximum absolute atomic E-state index is 5.84. The molecule has 0 aromatic heterocycles. The first-order valence-corrected chi connectivity index (χ1v) is 10.9. The Bertz CT molecular complexity index is 818. The Balaban J connectivity index is 1.66. The molecule has 0 unspecified atom stereocenters. The van der Waals surface area contributed by atoms with Crippen LogP contribution in [0.2, 0.25) is 0 Å². The number of morpholine rings is 1. The van der Waals surface area contributed by atoms with E-state index in [2.05, 4.69) is 78.4 Å². The number of hydrogen-bond acceptors (Lipinski definition) is 3. The Labute approximate surface area is 180 Å². The topological polar surface area (TPSA) is 27.7 Å². The van der Waals surface area contributed by atoms with Gasteiger partial charge in [0.05, 0.1) is 13.2 Å². The van der Waals surface area contributed by atoms with Gasteiger partial charge in [0.25, 0.3) is 0 Å². The van der Waals surface area contributed by atoms with Crippen LogP contribution in [0.3, 0.4) is 0 Å². The summed E-state index contributed by atoms with van der Waals surface area (Å²) in [5.74, 6) is 0. The van der Waals surface area contributed by atoms with Crippen molar-refractivity contribution in [3.8, 4) is 0 Å². The van der Waals surface area contributed by atoms with Crippen LogP contribution in [0.15, 0.2) is 42.5 Å². The molecule has 0 radical (unpaired) electrons. The van der Waals surface area contributed by atoms with Gasteiger partial charge in [-0.1, -0.05) is 42.0 Å². The van der Waals surface area contributed by atoms with Crippen LogP contribution in [-0.4, -0.2) is 54.3 Å². The van der Waals surface area contributed by atoms with Crippen LogP contribution in [0.1, 0.15) is 28.7 Å². The van der Waals surface area contributed by atoms with E-state index < -0.39 is 0 Å².